The third-order valence-corrected chi connectivity index (χ3v) is 6.81. The van der Waals surface area contributed by atoms with Crippen molar-refractivity contribution in [2.45, 2.75) is 59.4 Å². The summed E-state index contributed by atoms with van der Waals surface area (Å²) in [7, 11) is 1.63. The lowest BCUT2D eigenvalue weighted by atomic mass is 9.78. The number of unbranched alkanes of at least 4 members (excludes halogenated alkanes) is 2. The summed E-state index contributed by atoms with van der Waals surface area (Å²) in [5, 5.41) is 0. The summed E-state index contributed by atoms with van der Waals surface area (Å²) >= 11 is 1.64. The van der Waals surface area contributed by atoms with Gasteiger partial charge in [0.1, 0.15) is 5.56 Å². The second-order valence-corrected chi connectivity index (χ2v) is 10.5. The number of esters is 1. The lowest BCUT2D eigenvalue weighted by Gasteiger charge is -2.39. The topological polar surface area (TPSA) is 78.8 Å². The van der Waals surface area contributed by atoms with Crippen molar-refractivity contribution in [1.29, 1.82) is 0 Å². The molecule has 0 radical (unpaired) electrons. The van der Waals surface area contributed by atoms with Gasteiger partial charge in [0.2, 0.25) is 0 Å². The molecule has 0 aliphatic carbocycles. The molecule has 0 saturated heterocycles. The predicted octanol–water partition coefficient (Wildman–Crippen LogP) is 5.26. The molecule has 0 amide bonds. The Labute approximate surface area is 212 Å². The first-order valence-corrected chi connectivity index (χ1v) is 13.5. The number of fused-ring (bicyclic) bond motifs is 3. The monoisotopic (exact) mass is 502 g/mol. The molecule has 1 atom stereocenters. The highest BCUT2D eigenvalue weighted by Gasteiger charge is 2.34. The maximum atomic E-state index is 12.9. The third-order valence-electron chi connectivity index (χ3n) is 6.31. The van der Waals surface area contributed by atoms with Crippen LogP contribution >= 0.6 is 11.9 Å². The van der Waals surface area contributed by atoms with Crippen LogP contribution in [0.1, 0.15) is 68.9 Å². The summed E-state index contributed by atoms with van der Waals surface area (Å²) in [4.78, 5) is 25.3. The molecule has 8 heteroatoms. The van der Waals surface area contributed by atoms with Gasteiger partial charge in [0.15, 0.2) is 16.9 Å². The van der Waals surface area contributed by atoms with Crippen molar-refractivity contribution in [1.82, 2.24) is 9.29 Å². The van der Waals surface area contributed by atoms with Crippen LogP contribution in [0.25, 0.3) is 11.3 Å². The zero-order valence-electron chi connectivity index (χ0n) is 21.7. The lowest BCUT2D eigenvalue weighted by molar-refractivity contribution is 0.0523. The molecule has 1 aromatic carbocycles. The SMILES string of the molecule is CCOC(=O)c1cn2c(cc1=O)-c1cc(OC)c(OCCCCCNSC)cc1CC2C(C)(C)C. The Bertz CT molecular complexity index is 1090. The van der Waals surface area contributed by atoms with E-state index in [0.717, 1.165) is 54.8 Å². The average molecular weight is 503 g/mol. The normalized spacial score (nSPS) is 14.7. The summed E-state index contributed by atoms with van der Waals surface area (Å²) in [6.45, 7) is 10.1. The van der Waals surface area contributed by atoms with Crippen molar-refractivity contribution in [3.05, 3.63) is 45.7 Å². The number of methoxy groups -OCH3 is 1. The minimum atomic E-state index is -0.586. The number of carbonyl (C=O) groups excluding carboxylic acids is 1. The molecule has 1 aliphatic heterocycles. The van der Waals surface area contributed by atoms with E-state index >= 15 is 0 Å². The molecule has 35 heavy (non-hydrogen) atoms. The van der Waals surface area contributed by atoms with E-state index in [1.807, 2.05) is 12.3 Å². The fourth-order valence-electron chi connectivity index (χ4n) is 4.46. The van der Waals surface area contributed by atoms with Crippen molar-refractivity contribution in [2.24, 2.45) is 5.41 Å². The standard InChI is InChI=1S/C27H38N2O5S/c1-7-33-26(31)20-17-29-21(16-22(20)30)19-15-23(32-5)24(34-12-10-8-9-11-28-35-6)13-18(19)14-25(29)27(2,3)4/h13,15-17,25,28H,7-12,14H2,1-6H3. The van der Waals surface area contributed by atoms with Crippen molar-refractivity contribution in [2.75, 3.05) is 33.1 Å². The van der Waals surface area contributed by atoms with E-state index in [0.29, 0.717) is 12.4 Å². The number of hydrogen-bond donors (Lipinski definition) is 1. The Hall–Kier alpha value is -2.45. The number of pyridine rings is 1. The fraction of sp³-hybridized carbons (Fsp3) is 0.556. The van der Waals surface area contributed by atoms with Gasteiger partial charge in [-0.3, -0.25) is 9.52 Å². The summed E-state index contributed by atoms with van der Waals surface area (Å²) < 4.78 is 22.2. The first-order valence-electron chi connectivity index (χ1n) is 12.2. The zero-order chi connectivity index (χ0) is 25.6. The molecule has 1 unspecified atom stereocenters. The Balaban J connectivity index is 1.95. The molecule has 1 N–H and O–H groups in total. The Kier molecular flexibility index (Phi) is 9.30. The third kappa shape index (κ3) is 6.41. The minimum Gasteiger partial charge on any atom is -0.493 e. The van der Waals surface area contributed by atoms with Crippen LogP contribution < -0.4 is 19.6 Å². The molecule has 1 aromatic heterocycles. The highest BCUT2D eigenvalue weighted by atomic mass is 32.2. The summed E-state index contributed by atoms with van der Waals surface area (Å²) in [5.74, 6) is 0.771. The second kappa shape index (κ2) is 12.0. The van der Waals surface area contributed by atoms with E-state index < -0.39 is 5.97 Å². The summed E-state index contributed by atoms with van der Waals surface area (Å²) in [6.07, 6.45) is 7.61. The van der Waals surface area contributed by atoms with Gasteiger partial charge in [0, 0.05) is 30.4 Å². The van der Waals surface area contributed by atoms with Crippen LogP contribution in [0, 0.1) is 5.41 Å². The highest BCUT2D eigenvalue weighted by molar-refractivity contribution is 7.96. The maximum absolute atomic E-state index is 12.9. The molecule has 0 fully saturated rings. The van der Waals surface area contributed by atoms with Crippen molar-refractivity contribution >= 4 is 17.9 Å². The van der Waals surface area contributed by atoms with E-state index in [-0.39, 0.29) is 29.1 Å². The minimum absolute atomic E-state index is 0.0453. The number of carbonyl (C=O) groups is 1. The summed E-state index contributed by atoms with van der Waals surface area (Å²) in [6, 6.07) is 5.59. The lowest BCUT2D eigenvalue weighted by Crippen LogP contribution is -2.33. The van der Waals surface area contributed by atoms with Crippen LogP contribution in [0.15, 0.2) is 29.2 Å². The van der Waals surface area contributed by atoms with Crippen LogP contribution in [-0.2, 0) is 11.2 Å². The average Bonchev–Trinajstić information content (AvgIpc) is 2.81. The molecule has 192 valence electrons. The smallest absolute Gasteiger partial charge is 0.343 e. The number of hydrogen-bond acceptors (Lipinski definition) is 7. The predicted molar refractivity (Wildman–Crippen MR) is 142 cm³/mol. The van der Waals surface area contributed by atoms with E-state index in [9.17, 15) is 9.59 Å². The zero-order valence-corrected chi connectivity index (χ0v) is 22.5. The van der Waals surface area contributed by atoms with Gasteiger partial charge in [-0.15, -0.1) is 0 Å². The van der Waals surface area contributed by atoms with Gasteiger partial charge in [0.25, 0.3) is 0 Å². The molecule has 0 spiro atoms. The maximum Gasteiger partial charge on any atom is 0.343 e. The molecule has 7 nitrogen and oxygen atoms in total. The number of rotatable bonds is 11. The van der Waals surface area contributed by atoms with Crippen LogP contribution in [0.5, 0.6) is 11.5 Å². The van der Waals surface area contributed by atoms with Crippen LogP contribution in [0.4, 0.5) is 0 Å². The Morgan fingerprint density at radius 3 is 2.60 bits per heavy atom. The first kappa shape index (κ1) is 27.1. The van der Waals surface area contributed by atoms with E-state index in [1.54, 1.807) is 38.2 Å². The van der Waals surface area contributed by atoms with Crippen LogP contribution in [-0.4, -0.2) is 43.7 Å². The van der Waals surface area contributed by atoms with Gasteiger partial charge >= 0.3 is 5.97 Å². The second-order valence-electron chi connectivity index (χ2n) is 9.82. The number of nitrogens with zero attached hydrogens (tertiary/aromatic N) is 1. The van der Waals surface area contributed by atoms with Crippen molar-refractivity contribution in [3.8, 4) is 22.8 Å². The summed E-state index contributed by atoms with van der Waals surface area (Å²) in [5.41, 5.74) is 2.41. The molecule has 0 saturated carbocycles. The van der Waals surface area contributed by atoms with Gasteiger partial charge in [-0.05, 0) is 62.0 Å². The van der Waals surface area contributed by atoms with Gasteiger partial charge in [-0.1, -0.05) is 32.7 Å². The van der Waals surface area contributed by atoms with Crippen LogP contribution in [0.2, 0.25) is 0 Å². The molecular formula is C27H38N2O5S. The number of aromatic nitrogens is 1. The fourth-order valence-corrected chi connectivity index (χ4v) is 4.81. The van der Waals surface area contributed by atoms with E-state index in [1.165, 1.54) is 0 Å². The van der Waals surface area contributed by atoms with Gasteiger partial charge in [-0.25, -0.2) is 4.79 Å². The quantitative estimate of drug-likeness (QED) is 0.255. The van der Waals surface area contributed by atoms with Crippen molar-refractivity contribution < 1.29 is 19.0 Å². The Morgan fingerprint density at radius 1 is 1.17 bits per heavy atom. The van der Waals surface area contributed by atoms with E-state index in [4.69, 9.17) is 14.2 Å². The van der Waals surface area contributed by atoms with Gasteiger partial charge < -0.3 is 18.8 Å². The van der Waals surface area contributed by atoms with Crippen LogP contribution in [0.3, 0.4) is 0 Å². The molecule has 1 aliphatic rings. The Morgan fingerprint density at radius 2 is 1.94 bits per heavy atom. The van der Waals surface area contributed by atoms with Gasteiger partial charge in [-0.2, -0.15) is 0 Å². The number of ether oxygens (including phenoxy) is 3. The first-order chi connectivity index (χ1) is 16.7. The number of benzene rings is 1. The molecule has 3 rings (SSSR count). The highest BCUT2D eigenvalue weighted by Crippen LogP contribution is 2.45. The van der Waals surface area contributed by atoms with Crippen molar-refractivity contribution in [3.63, 3.8) is 0 Å². The molecular weight excluding hydrogens is 464 g/mol. The molecule has 2 heterocycles. The van der Waals surface area contributed by atoms with Gasteiger partial charge in [0.05, 0.1) is 26.0 Å². The largest absolute Gasteiger partial charge is 0.493 e. The molecule has 0 bridgehead atoms. The number of nitrogens with one attached hydrogen (secondary N) is 1. The molecule has 2 aromatic rings. The van der Waals surface area contributed by atoms with E-state index in [2.05, 4.69) is 36.1 Å².